The Morgan fingerprint density at radius 1 is 1.21 bits per heavy atom. The Labute approximate surface area is 124 Å². The van der Waals surface area contributed by atoms with Gasteiger partial charge < -0.3 is 10.5 Å². The highest BCUT2D eigenvalue weighted by Gasteiger charge is 2.11. The molecule has 0 aliphatic carbocycles. The number of hydrogen-bond donors (Lipinski definition) is 1. The molecule has 2 aromatic carbocycles. The molecule has 98 valence electrons. The van der Waals surface area contributed by atoms with Gasteiger partial charge in [0.25, 0.3) is 0 Å². The molecule has 0 unspecified atom stereocenters. The summed E-state index contributed by atoms with van der Waals surface area (Å²) in [4.78, 5) is 11.9. The van der Waals surface area contributed by atoms with Crippen molar-refractivity contribution < 1.29 is 9.53 Å². The highest BCUT2D eigenvalue weighted by molar-refractivity contribution is 9.10. The SMILES string of the molecule is Nc1ccc(Cl)cc1C(=O)OCc1ccc(Br)cc1. The van der Waals surface area contributed by atoms with Gasteiger partial charge in [0.05, 0.1) is 5.56 Å². The zero-order valence-electron chi connectivity index (χ0n) is 9.90. The molecule has 2 N–H and O–H groups in total. The predicted octanol–water partition coefficient (Wildman–Crippen LogP) is 4.04. The lowest BCUT2D eigenvalue weighted by Gasteiger charge is -2.07. The van der Waals surface area contributed by atoms with Crippen LogP contribution in [0.15, 0.2) is 46.9 Å². The first-order chi connectivity index (χ1) is 9.06. The molecule has 0 aliphatic rings. The number of halogens is 2. The molecule has 0 bridgehead atoms. The van der Waals surface area contributed by atoms with Gasteiger partial charge >= 0.3 is 5.97 Å². The number of ether oxygens (including phenoxy) is 1. The zero-order valence-corrected chi connectivity index (χ0v) is 12.2. The Hall–Kier alpha value is -1.52. The molecule has 5 heteroatoms. The fourth-order valence-electron chi connectivity index (χ4n) is 1.51. The summed E-state index contributed by atoms with van der Waals surface area (Å²) >= 11 is 9.17. The molecular formula is C14H11BrClNO2. The molecular weight excluding hydrogens is 330 g/mol. The summed E-state index contributed by atoms with van der Waals surface area (Å²) in [6, 6.07) is 12.2. The lowest BCUT2D eigenvalue weighted by atomic mass is 10.2. The van der Waals surface area contributed by atoms with E-state index in [1.807, 2.05) is 24.3 Å². The van der Waals surface area contributed by atoms with Crippen LogP contribution in [0.2, 0.25) is 5.02 Å². The number of anilines is 1. The molecule has 0 saturated carbocycles. The molecule has 0 aliphatic heterocycles. The number of carbonyl (C=O) groups is 1. The van der Waals surface area contributed by atoms with Crippen molar-refractivity contribution in [3.05, 3.63) is 63.1 Å². The van der Waals surface area contributed by atoms with E-state index in [1.54, 1.807) is 12.1 Å². The van der Waals surface area contributed by atoms with Gasteiger partial charge in [-0.15, -0.1) is 0 Å². The summed E-state index contributed by atoms with van der Waals surface area (Å²) in [6.07, 6.45) is 0. The Bertz CT molecular complexity index is 599. The van der Waals surface area contributed by atoms with Crippen LogP contribution in [-0.4, -0.2) is 5.97 Å². The van der Waals surface area contributed by atoms with E-state index in [0.717, 1.165) is 10.0 Å². The van der Waals surface area contributed by atoms with E-state index in [2.05, 4.69) is 15.9 Å². The Morgan fingerprint density at radius 3 is 2.58 bits per heavy atom. The summed E-state index contributed by atoms with van der Waals surface area (Å²) in [6.45, 7) is 0.193. The molecule has 0 heterocycles. The number of hydrogen-bond acceptors (Lipinski definition) is 3. The van der Waals surface area contributed by atoms with Gasteiger partial charge in [0.2, 0.25) is 0 Å². The minimum atomic E-state index is -0.483. The van der Waals surface area contributed by atoms with Crippen molar-refractivity contribution in [3.8, 4) is 0 Å². The van der Waals surface area contributed by atoms with E-state index in [1.165, 1.54) is 6.07 Å². The van der Waals surface area contributed by atoms with Crippen LogP contribution in [0.1, 0.15) is 15.9 Å². The molecule has 0 atom stereocenters. The smallest absolute Gasteiger partial charge is 0.340 e. The Morgan fingerprint density at radius 2 is 1.89 bits per heavy atom. The molecule has 2 rings (SSSR count). The second-order valence-electron chi connectivity index (χ2n) is 3.93. The first-order valence-corrected chi connectivity index (χ1v) is 6.70. The van der Waals surface area contributed by atoms with Crippen LogP contribution in [0.25, 0.3) is 0 Å². The van der Waals surface area contributed by atoms with E-state index in [9.17, 15) is 4.79 Å². The molecule has 0 aromatic heterocycles. The van der Waals surface area contributed by atoms with E-state index < -0.39 is 5.97 Å². The maximum atomic E-state index is 11.9. The maximum absolute atomic E-state index is 11.9. The van der Waals surface area contributed by atoms with E-state index in [0.29, 0.717) is 10.7 Å². The van der Waals surface area contributed by atoms with Crippen LogP contribution < -0.4 is 5.73 Å². The van der Waals surface area contributed by atoms with Gasteiger partial charge in [-0.2, -0.15) is 0 Å². The highest BCUT2D eigenvalue weighted by Crippen LogP contribution is 2.19. The van der Waals surface area contributed by atoms with Crippen molar-refractivity contribution >= 4 is 39.2 Å². The summed E-state index contributed by atoms with van der Waals surface area (Å²) in [5.74, 6) is -0.483. The van der Waals surface area contributed by atoms with Crippen LogP contribution in [0.5, 0.6) is 0 Å². The molecule has 0 fully saturated rings. The molecule has 0 amide bonds. The lowest BCUT2D eigenvalue weighted by Crippen LogP contribution is -2.08. The lowest BCUT2D eigenvalue weighted by molar-refractivity contribution is 0.0474. The van der Waals surface area contributed by atoms with Crippen LogP contribution >= 0.6 is 27.5 Å². The Kier molecular flexibility index (Phi) is 4.45. The van der Waals surface area contributed by atoms with Crippen LogP contribution in [-0.2, 0) is 11.3 Å². The number of nitrogens with two attached hydrogens (primary N) is 1. The van der Waals surface area contributed by atoms with Crippen LogP contribution in [0, 0.1) is 0 Å². The minimum absolute atomic E-state index is 0.193. The summed E-state index contributed by atoms with van der Waals surface area (Å²) < 4.78 is 6.17. The minimum Gasteiger partial charge on any atom is -0.457 e. The average molecular weight is 341 g/mol. The Balaban J connectivity index is 2.05. The van der Waals surface area contributed by atoms with E-state index >= 15 is 0 Å². The highest BCUT2D eigenvalue weighted by atomic mass is 79.9. The van der Waals surface area contributed by atoms with Gasteiger partial charge in [0.15, 0.2) is 0 Å². The van der Waals surface area contributed by atoms with Crippen molar-refractivity contribution in [2.24, 2.45) is 0 Å². The third-order valence-corrected chi connectivity index (χ3v) is 3.28. The van der Waals surface area contributed by atoms with Gasteiger partial charge in [0.1, 0.15) is 6.61 Å². The van der Waals surface area contributed by atoms with Gasteiger partial charge in [-0.3, -0.25) is 0 Å². The van der Waals surface area contributed by atoms with Crippen molar-refractivity contribution in [3.63, 3.8) is 0 Å². The van der Waals surface area contributed by atoms with E-state index in [4.69, 9.17) is 22.1 Å². The fourth-order valence-corrected chi connectivity index (χ4v) is 1.95. The quantitative estimate of drug-likeness (QED) is 0.677. The molecule has 3 nitrogen and oxygen atoms in total. The standard InChI is InChI=1S/C14H11BrClNO2/c15-10-3-1-9(2-4-10)8-19-14(18)12-7-11(16)5-6-13(12)17/h1-7H,8,17H2. The van der Waals surface area contributed by atoms with Crippen molar-refractivity contribution in [1.29, 1.82) is 0 Å². The number of benzene rings is 2. The summed E-state index contributed by atoms with van der Waals surface area (Å²) in [5.41, 5.74) is 7.25. The normalized spacial score (nSPS) is 10.2. The van der Waals surface area contributed by atoms with Crippen molar-refractivity contribution in [2.45, 2.75) is 6.61 Å². The van der Waals surface area contributed by atoms with Crippen LogP contribution in [0.3, 0.4) is 0 Å². The van der Waals surface area contributed by atoms with Crippen molar-refractivity contribution in [2.75, 3.05) is 5.73 Å². The number of rotatable bonds is 3. The van der Waals surface area contributed by atoms with Crippen molar-refractivity contribution in [1.82, 2.24) is 0 Å². The average Bonchev–Trinajstić information content (AvgIpc) is 2.40. The number of carbonyl (C=O) groups excluding carboxylic acids is 1. The number of esters is 1. The fraction of sp³-hybridized carbons (Fsp3) is 0.0714. The first-order valence-electron chi connectivity index (χ1n) is 5.53. The van der Waals surface area contributed by atoms with Gasteiger partial charge in [0, 0.05) is 15.2 Å². The van der Waals surface area contributed by atoms with E-state index in [-0.39, 0.29) is 12.2 Å². The molecule has 0 spiro atoms. The van der Waals surface area contributed by atoms with Gasteiger partial charge in [-0.05, 0) is 35.9 Å². The van der Waals surface area contributed by atoms with Gasteiger partial charge in [-0.1, -0.05) is 39.7 Å². The monoisotopic (exact) mass is 339 g/mol. The largest absolute Gasteiger partial charge is 0.457 e. The topological polar surface area (TPSA) is 52.3 Å². The third-order valence-electron chi connectivity index (χ3n) is 2.52. The summed E-state index contributed by atoms with van der Waals surface area (Å²) in [5, 5.41) is 0.449. The first kappa shape index (κ1) is 13.9. The molecule has 19 heavy (non-hydrogen) atoms. The summed E-state index contributed by atoms with van der Waals surface area (Å²) in [7, 11) is 0. The molecule has 0 radical (unpaired) electrons. The predicted molar refractivity (Wildman–Crippen MR) is 79.1 cm³/mol. The maximum Gasteiger partial charge on any atom is 0.340 e. The second kappa shape index (κ2) is 6.08. The molecule has 0 saturated heterocycles. The zero-order chi connectivity index (χ0) is 13.8. The second-order valence-corrected chi connectivity index (χ2v) is 5.29. The number of nitrogen functional groups attached to an aromatic ring is 1. The van der Waals surface area contributed by atoms with Gasteiger partial charge in [-0.25, -0.2) is 4.79 Å². The molecule has 2 aromatic rings. The third kappa shape index (κ3) is 3.72. The van der Waals surface area contributed by atoms with Crippen LogP contribution in [0.4, 0.5) is 5.69 Å².